The predicted octanol–water partition coefficient (Wildman–Crippen LogP) is 2.91. The van der Waals surface area contributed by atoms with E-state index in [-0.39, 0.29) is 17.7 Å². The maximum atomic E-state index is 12.9. The predicted molar refractivity (Wildman–Crippen MR) is 82.1 cm³/mol. The maximum absolute atomic E-state index is 12.9. The zero-order chi connectivity index (χ0) is 15.3. The number of fused-ring (bicyclic) bond motifs is 1. The van der Waals surface area contributed by atoms with Crippen LogP contribution < -0.4 is 0 Å². The van der Waals surface area contributed by atoms with Crippen molar-refractivity contribution >= 4 is 11.9 Å². The van der Waals surface area contributed by atoms with Gasteiger partial charge in [0, 0.05) is 12.5 Å². The molecule has 4 heteroatoms. The van der Waals surface area contributed by atoms with Crippen LogP contribution in [0, 0.1) is 29.6 Å². The Kier molecular flexibility index (Phi) is 3.66. The second-order valence-corrected chi connectivity index (χ2v) is 8.03. The molecule has 1 N–H and O–H groups in total. The molecule has 3 saturated carbocycles. The number of nitrogens with zero attached hydrogens (tertiary/aromatic N) is 1. The molecule has 0 radical (unpaired) electrons. The lowest BCUT2D eigenvalue weighted by Crippen LogP contribution is -2.44. The number of aliphatic carboxylic acids is 1. The molecule has 4 nitrogen and oxygen atoms in total. The second kappa shape index (κ2) is 5.54. The van der Waals surface area contributed by atoms with Gasteiger partial charge in [-0.3, -0.25) is 4.79 Å². The van der Waals surface area contributed by atoms with Crippen LogP contribution in [0.2, 0.25) is 0 Å². The molecule has 1 saturated heterocycles. The van der Waals surface area contributed by atoms with Gasteiger partial charge in [-0.15, -0.1) is 0 Å². The van der Waals surface area contributed by atoms with Crippen molar-refractivity contribution in [3.63, 3.8) is 0 Å². The van der Waals surface area contributed by atoms with Crippen molar-refractivity contribution < 1.29 is 14.7 Å². The Bertz CT molecular complexity index is 471. The van der Waals surface area contributed by atoms with Crippen LogP contribution in [-0.4, -0.2) is 34.5 Å². The highest BCUT2D eigenvalue weighted by molar-refractivity contribution is 5.87. The van der Waals surface area contributed by atoms with E-state index in [9.17, 15) is 14.7 Å². The smallest absolute Gasteiger partial charge is 0.326 e. The van der Waals surface area contributed by atoms with Crippen molar-refractivity contribution in [2.24, 2.45) is 29.6 Å². The average Bonchev–Trinajstić information content (AvgIpc) is 3.04. The Hall–Kier alpha value is -1.06. The van der Waals surface area contributed by atoms with Gasteiger partial charge in [0.25, 0.3) is 0 Å². The van der Waals surface area contributed by atoms with E-state index in [1.807, 2.05) is 0 Å². The Morgan fingerprint density at radius 3 is 2.32 bits per heavy atom. The fourth-order valence-electron chi connectivity index (χ4n) is 5.64. The van der Waals surface area contributed by atoms with Gasteiger partial charge in [-0.2, -0.15) is 0 Å². The van der Waals surface area contributed by atoms with Gasteiger partial charge >= 0.3 is 5.97 Å². The number of rotatable bonds is 3. The maximum Gasteiger partial charge on any atom is 0.326 e. The zero-order valence-corrected chi connectivity index (χ0v) is 13.2. The number of amides is 1. The van der Waals surface area contributed by atoms with E-state index in [4.69, 9.17) is 0 Å². The summed E-state index contributed by atoms with van der Waals surface area (Å²) in [7, 11) is 0. The number of hydrogen-bond acceptors (Lipinski definition) is 2. The number of carboxylic acids is 1. The molecule has 122 valence electrons. The third-order valence-electron chi connectivity index (χ3n) is 6.84. The molecule has 3 aliphatic carbocycles. The number of carbonyl (C=O) groups is 2. The zero-order valence-electron chi connectivity index (χ0n) is 13.2. The molecule has 1 heterocycles. The third-order valence-corrected chi connectivity index (χ3v) is 6.84. The van der Waals surface area contributed by atoms with Crippen molar-refractivity contribution in [1.29, 1.82) is 0 Å². The fraction of sp³-hybridized carbons (Fsp3) is 0.889. The molecule has 1 aliphatic heterocycles. The largest absolute Gasteiger partial charge is 0.480 e. The first-order valence-electron chi connectivity index (χ1n) is 9.20. The standard InChI is InChI=1S/C18H27NO3/c20-17(15-9-14(15)11-5-2-1-3-6-11)19-10-12-7-4-8-13(12)16(19)18(21)22/h11-16H,1-10H2,(H,21,22). The van der Waals surface area contributed by atoms with Gasteiger partial charge in [0.15, 0.2) is 0 Å². The molecule has 5 atom stereocenters. The Labute approximate surface area is 132 Å². The molecule has 0 spiro atoms. The number of likely N-dealkylation sites (tertiary alicyclic amines) is 1. The lowest BCUT2D eigenvalue weighted by molar-refractivity contribution is -0.150. The minimum absolute atomic E-state index is 0.142. The van der Waals surface area contributed by atoms with Crippen LogP contribution in [0.3, 0.4) is 0 Å². The van der Waals surface area contributed by atoms with Crippen LogP contribution in [0.25, 0.3) is 0 Å². The van der Waals surface area contributed by atoms with Crippen molar-refractivity contribution in [1.82, 2.24) is 4.90 Å². The molecular formula is C18H27NO3. The summed E-state index contributed by atoms with van der Waals surface area (Å²) >= 11 is 0. The van der Waals surface area contributed by atoms with Gasteiger partial charge < -0.3 is 10.0 Å². The van der Waals surface area contributed by atoms with Gasteiger partial charge in [0.2, 0.25) is 5.91 Å². The third kappa shape index (κ3) is 2.35. The Balaban J connectivity index is 1.43. The molecular weight excluding hydrogens is 278 g/mol. The molecule has 0 bridgehead atoms. The van der Waals surface area contributed by atoms with E-state index in [0.29, 0.717) is 18.4 Å². The van der Waals surface area contributed by atoms with Crippen LogP contribution in [0.5, 0.6) is 0 Å². The van der Waals surface area contributed by atoms with Crippen molar-refractivity contribution in [3.8, 4) is 0 Å². The monoisotopic (exact) mass is 305 g/mol. The van der Waals surface area contributed by atoms with E-state index in [1.54, 1.807) is 4.90 Å². The fourth-order valence-corrected chi connectivity index (χ4v) is 5.64. The normalized spacial score (nSPS) is 41.5. The van der Waals surface area contributed by atoms with Crippen LogP contribution in [0.15, 0.2) is 0 Å². The number of carbonyl (C=O) groups excluding carboxylic acids is 1. The molecule has 4 aliphatic rings. The Morgan fingerprint density at radius 1 is 0.864 bits per heavy atom. The second-order valence-electron chi connectivity index (χ2n) is 8.03. The number of carboxylic acid groups (broad SMARTS) is 1. The highest BCUT2D eigenvalue weighted by Gasteiger charge is 2.55. The van der Waals surface area contributed by atoms with Gasteiger partial charge in [-0.1, -0.05) is 38.5 Å². The van der Waals surface area contributed by atoms with Gasteiger partial charge in [-0.05, 0) is 42.9 Å². The van der Waals surface area contributed by atoms with Crippen molar-refractivity contribution in [3.05, 3.63) is 0 Å². The van der Waals surface area contributed by atoms with Gasteiger partial charge in [0.05, 0.1) is 0 Å². The summed E-state index contributed by atoms with van der Waals surface area (Å²) in [5.74, 6) is 1.47. The van der Waals surface area contributed by atoms with E-state index in [1.165, 1.54) is 32.1 Å². The summed E-state index contributed by atoms with van der Waals surface area (Å²) in [4.78, 5) is 26.3. The molecule has 22 heavy (non-hydrogen) atoms. The molecule has 4 fully saturated rings. The molecule has 5 unspecified atom stereocenters. The minimum Gasteiger partial charge on any atom is -0.480 e. The highest BCUT2D eigenvalue weighted by Crippen LogP contribution is 2.52. The summed E-state index contributed by atoms with van der Waals surface area (Å²) in [6.07, 6.45) is 10.8. The van der Waals surface area contributed by atoms with Gasteiger partial charge in [0.1, 0.15) is 6.04 Å². The van der Waals surface area contributed by atoms with Crippen LogP contribution in [0.4, 0.5) is 0 Å². The summed E-state index contributed by atoms with van der Waals surface area (Å²) in [6, 6.07) is -0.535. The van der Waals surface area contributed by atoms with Crippen molar-refractivity contribution in [2.75, 3.05) is 6.54 Å². The Morgan fingerprint density at radius 2 is 1.59 bits per heavy atom. The van der Waals surface area contributed by atoms with Crippen LogP contribution >= 0.6 is 0 Å². The summed E-state index contributed by atoms with van der Waals surface area (Å²) in [5, 5.41) is 9.60. The SMILES string of the molecule is O=C(O)C1C2CCCC2CN1C(=O)C1CC1C1CCCCC1. The highest BCUT2D eigenvalue weighted by atomic mass is 16.4. The quantitative estimate of drug-likeness (QED) is 0.872. The summed E-state index contributed by atoms with van der Waals surface area (Å²) in [5.41, 5.74) is 0. The molecule has 0 aromatic rings. The molecule has 1 amide bonds. The van der Waals surface area contributed by atoms with E-state index >= 15 is 0 Å². The van der Waals surface area contributed by atoms with E-state index in [0.717, 1.165) is 31.6 Å². The minimum atomic E-state index is -0.780. The van der Waals surface area contributed by atoms with Crippen LogP contribution in [-0.2, 0) is 9.59 Å². The first-order valence-corrected chi connectivity index (χ1v) is 9.20. The average molecular weight is 305 g/mol. The first-order chi connectivity index (χ1) is 10.7. The summed E-state index contributed by atoms with van der Waals surface area (Å²) in [6.45, 7) is 0.703. The van der Waals surface area contributed by atoms with Gasteiger partial charge in [-0.25, -0.2) is 4.79 Å². The van der Waals surface area contributed by atoms with Crippen molar-refractivity contribution in [2.45, 2.75) is 63.8 Å². The lowest BCUT2D eigenvalue weighted by Gasteiger charge is -2.26. The molecule has 0 aromatic heterocycles. The van der Waals surface area contributed by atoms with Crippen LogP contribution in [0.1, 0.15) is 57.8 Å². The molecule has 0 aromatic carbocycles. The van der Waals surface area contributed by atoms with E-state index < -0.39 is 12.0 Å². The number of hydrogen-bond donors (Lipinski definition) is 1. The van der Waals surface area contributed by atoms with E-state index in [2.05, 4.69) is 0 Å². The lowest BCUT2D eigenvalue weighted by atomic mass is 9.85. The first kappa shape index (κ1) is 14.5. The molecule has 4 rings (SSSR count). The topological polar surface area (TPSA) is 57.6 Å². The summed E-state index contributed by atoms with van der Waals surface area (Å²) < 4.78 is 0.